The molecule has 4 nitrogen and oxygen atoms in total. The highest BCUT2D eigenvalue weighted by molar-refractivity contribution is 6.31. The molecule has 0 heterocycles. The van der Waals surface area contributed by atoms with Gasteiger partial charge in [-0.25, -0.2) is 4.79 Å². The number of anilines is 1. The van der Waals surface area contributed by atoms with E-state index in [1.165, 1.54) is 0 Å². The average Bonchev–Trinajstić information content (AvgIpc) is 2.42. The fourth-order valence-electron chi connectivity index (χ4n) is 1.73. The molecule has 2 aromatic rings. The van der Waals surface area contributed by atoms with Gasteiger partial charge in [-0.05, 0) is 36.2 Å². The van der Waals surface area contributed by atoms with Crippen LogP contribution in [0.15, 0.2) is 42.5 Å². The van der Waals surface area contributed by atoms with Gasteiger partial charge in [-0.15, -0.1) is 0 Å². The minimum Gasteiger partial charge on any atom is -0.506 e. The first kappa shape index (κ1) is 14.2. The van der Waals surface area contributed by atoms with E-state index < -0.39 is 6.03 Å². The Morgan fingerprint density at radius 3 is 2.75 bits per heavy atom. The summed E-state index contributed by atoms with van der Waals surface area (Å²) >= 11 is 6.00. The van der Waals surface area contributed by atoms with E-state index in [0.29, 0.717) is 17.3 Å². The molecule has 5 heteroatoms. The summed E-state index contributed by atoms with van der Waals surface area (Å²) < 4.78 is 0. The Bertz CT molecular complexity index is 629. The zero-order valence-electron chi connectivity index (χ0n) is 11.0. The number of phenols is 1. The molecule has 0 saturated heterocycles. The standard InChI is InChI=1S/C15H15ClN2O2/c1-10-6-7-14(19)13(8-10)18-15(20)17-9-11-4-2-3-5-12(11)16/h2-8,19H,9H2,1H3,(H2,17,18,20). The van der Waals surface area contributed by atoms with Gasteiger partial charge in [0.1, 0.15) is 5.75 Å². The molecular formula is C15H15ClN2O2. The summed E-state index contributed by atoms with van der Waals surface area (Å²) in [5.74, 6) is 0.0310. The van der Waals surface area contributed by atoms with Crippen molar-refractivity contribution in [3.8, 4) is 5.75 Å². The van der Waals surface area contributed by atoms with E-state index >= 15 is 0 Å². The first-order chi connectivity index (χ1) is 9.56. The predicted octanol–water partition coefficient (Wildman–Crippen LogP) is 3.68. The summed E-state index contributed by atoms with van der Waals surface area (Å²) in [4.78, 5) is 11.8. The van der Waals surface area contributed by atoms with Crippen molar-refractivity contribution in [2.75, 3.05) is 5.32 Å². The molecule has 0 atom stereocenters. The minimum absolute atomic E-state index is 0.0310. The van der Waals surface area contributed by atoms with Crippen LogP contribution in [0, 0.1) is 6.92 Å². The Hall–Kier alpha value is -2.20. The van der Waals surface area contributed by atoms with Gasteiger partial charge in [-0.2, -0.15) is 0 Å². The molecule has 2 aromatic carbocycles. The van der Waals surface area contributed by atoms with Crippen molar-refractivity contribution in [1.29, 1.82) is 0 Å². The number of nitrogens with one attached hydrogen (secondary N) is 2. The van der Waals surface area contributed by atoms with Gasteiger partial charge >= 0.3 is 6.03 Å². The summed E-state index contributed by atoms with van der Waals surface area (Å²) in [6, 6.07) is 11.9. The summed E-state index contributed by atoms with van der Waals surface area (Å²) in [5, 5.41) is 15.5. The third kappa shape index (κ3) is 3.65. The molecule has 0 aliphatic rings. The number of aryl methyl sites for hydroxylation is 1. The fourth-order valence-corrected chi connectivity index (χ4v) is 1.94. The van der Waals surface area contributed by atoms with Crippen LogP contribution in [0.5, 0.6) is 5.75 Å². The number of amides is 2. The number of hydrogen-bond acceptors (Lipinski definition) is 2. The van der Waals surface area contributed by atoms with Crippen LogP contribution in [0.25, 0.3) is 0 Å². The van der Waals surface area contributed by atoms with Crippen LogP contribution in [0.3, 0.4) is 0 Å². The zero-order chi connectivity index (χ0) is 14.5. The van der Waals surface area contributed by atoms with Crippen LogP contribution in [0.4, 0.5) is 10.5 Å². The number of carbonyl (C=O) groups is 1. The Balaban J connectivity index is 1.96. The van der Waals surface area contributed by atoms with Gasteiger partial charge in [0.25, 0.3) is 0 Å². The van der Waals surface area contributed by atoms with Crippen LogP contribution < -0.4 is 10.6 Å². The van der Waals surface area contributed by atoms with Crippen molar-refractivity contribution >= 4 is 23.3 Å². The number of phenolic OH excluding ortho intramolecular Hbond substituents is 1. The van der Waals surface area contributed by atoms with E-state index in [4.69, 9.17) is 11.6 Å². The maximum atomic E-state index is 11.8. The number of aromatic hydroxyl groups is 1. The molecule has 0 bridgehead atoms. The zero-order valence-corrected chi connectivity index (χ0v) is 11.7. The molecule has 0 saturated carbocycles. The van der Waals surface area contributed by atoms with Crippen molar-refractivity contribution in [1.82, 2.24) is 5.32 Å². The molecule has 104 valence electrons. The van der Waals surface area contributed by atoms with Gasteiger partial charge in [0.15, 0.2) is 0 Å². The summed E-state index contributed by atoms with van der Waals surface area (Å²) in [5.41, 5.74) is 2.16. The topological polar surface area (TPSA) is 61.4 Å². The number of halogens is 1. The summed E-state index contributed by atoms with van der Waals surface area (Å²) in [6.07, 6.45) is 0. The Morgan fingerprint density at radius 2 is 2.00 bits per heavy atom. The van der Waals surface area contributed by atoms with E-state index in [0.717, 1.165) is 11.1 Å². The van der Waals surface area contributed by atoms with Crippen molar-refractivity contribution in [2.45, 2.75) is 13.5 Å². The maximum absolute atomic E-state index is 11.8. The lowest BCUT2D eigenvalue weighted by molar-refractivity contribution is 0.251. The third-order valence-electron chi connectivity index (χ3n) is 2.80. The molecule has 0 aromatic heterocycles. The van der Waals surface area contributed by atoms with E-state index in [2.05, 4.69) is 10.6 Å². The molecule has 2 amide bonds. The van der Waals surface area contributed by atoms with Crippen molar-refractivity contribution in [3.63, 3.8) is 0 Å². The van der Waals surface area contributed by atoms with Gasteiger partial charge in [-0.1, -0.05) is 35.9 Å². The van der Waals surface area contributed by atoms with Crippen LogP contribution in [-0.2, 0) is 6.54 Å². The minimum atomic E-state index is -0.397. The molecule has 0 aliphatic carbocycles. The Morgan fingerprint density at radius 1 is 1.25 bits per heavy atom. The van der Waals surface area contributed by atoms with E-state index in [-0.39, 0.29) is 5.75 Å². The Kier molecular flexibility index (Phi) is 4.48. The van der Waals surface area contributed by atoms with Crippen LogP contribution in [0.2, 0.25) is 5.02 Å². The van der Waals surface area contributed by atoms with E-state index in [1.807, 2.05) is 25.1 Å². The fraction of sp³-hybridized carbons (Fsp3) is 0.133. The highest BCUT2D eigenvalue weighted by Crippen LogP contribution is 2.23. The molecule has 3 N–H and O–H groups in total. The Labute approximate surface area is 122 Å². The average molecular weight is 291 g/mol. The molecule has 0 unspecified atom stereocenters. The highest BCUT2D eigenvalue weighted by atomic mass is 35.5. The van der Waals surface area contributed by atoms with Crippen molar-refractivity contribution in [2.24, 2.45) is 0 Å². The second-order valence-corrected chi connectivity index (χ2v) is 4.83. The number of carbonyl (C=O) groups excluding carboxylic acids is 1. The molecule has 20 heavy (non-hydrogen) atoms. The number of urea groups is 1. The maximum Gasteiger partial charge on any atom is 0.319 e. The first-order valence-corrected chi connectivity index (χ1v) is 6.52. The van der Waals surface area contributed by atoms with Gasteiger partial charge in [0.2, 0.25) is 0 Å². The SMILES string of the molecule is Cc1ccc(O)c(NC(=O)NCc2ccccc2Cl)c1. The van der Waals surface area contributed by atoms with Gasteiger partial charge in [0, 0.05) is 11.6 Å². The predicted molar refractivity (Wildman–Crippen MR) is 80.2 cm³/mol. The molecule has 2 rings (SSSR count). The van der Waals surface area contributed by atoms with Gasteiger partial charge in [-0.3, -0.25) is 0 Å². The van der Waals surface area contributed by atoms with Crippen molar-refractivity contribution in [3.05, 3.63) is 58.6 Å². The molecular weight excluding hydrogens is 276 g/mol. The molecule has 0 aliphatic heterocycles. The largest absolute Gasteiger partial charge is 0.506 e. The molecule has 0 spiro atoms. The third-order valence-corrected chi connectivity index (χ3v) is 3.17. The molecule has 0 radical (unpaired) electrons. The molecule has 0 fully saturated rings. The lowest BCUT2D eigenvalue weighted by Gasteiger charge is -2.10. The van der Waals surface area contributed by atoms with Crippen LogP contribution in [0.1, 0.15) is 11.1 Å². The smallest absolute Gasteiger partial charge is 0.319 e. The van der Waals surface area contributed by atoms with Crippen LogP contribution in [-0.4, -0.2) is 11.1 Å². The lowest BCUT2D eigenvalue weighted by atomic mass is 10.2. The van der Waals surface area contributed by atoms with Crippen molar-refractivity contribution < 1.29 is 9.90 Å². The monoisotopic (exact) mass is 290 g/mol. The first-order valence-electron chi connectivity index (χ1n) is 6.14. The van der Waals surface area contributed by atoms with Crippen LogP contribution >= 0.6 is 11.6 Å². The summed E-state index contributed by atoms with van der Waals surface area (Å²) in [6.45, 7) is 2.20. The van der Waals surface area contributed by atoms with E-state index in [1.54, 1.807) is 24.3 Å². The quantitative estimate of drug-likeness (QED) is 0.755. The number of rotatable bonds is 3. The van der Waals surface area contributed by atoms with Gasteiger partial charge < -0.3 is 15.7 Å². The second-order valence-electron chi connectivity index (χ2n) is 4.42. The normalized spacial score (nSPS) is 10.1. The second kappa shape index (κ2) is 6.30. The number of hydrogen-bond donors (Lipinski definition) is 3. The lowest BCUT2D eigenvalue weighted by Crippen LogP contribution is -2.28. The number of benzene rings is 2. The highest BCUT2D eigenvalue weighted by Gasteiger charge is 2.07. The van der Waals surface area contributed by atoms with Gasteiger partial charge in [0.05, 0.1) is 5.69 Å². The van der Waals surface area contributed by atoms with E-state index in [9.17, 15) is 9.90 Å². The summed E-state index contributed by atoms with van der Waals surface area (Å²) in [7, 11) is 0.